The maximum Gasteiger partial charge on any atom is 0.252 e. The summed E-state index contributed by atoms with van der Waals surface area (Å²) < 4.78 is 5.57. The van der Waals surface area contributed by atoms with E-state index >= 15 is 0 Å². The molecular weight excluding hydrogens is 252 g/mol. The highest BCUT2D eigenvalue weighted by Crippen LogP contribution is 2.32. The first-order chi connectivity index (χ1) is 8.58. The minimum atomic E-state index is -0.558. The van der Waals surface area contributed by atoms with Gasteiger partial charge in [0.05, 0.1) is 10.6 Å². The number of anilines is 1. The number of para-hydroxylation sites is 1. The van der Waals surface area contributed by atoms with Crippen molar-refractivity contribution in [3.8, 4) is 11.5 Å². The van der Waals surface area contributed by atoms with Gasteiger partial charge in [-0.3, -0.25) is 4.79 Å². The molecule has 0 spiro atoms. The summed E-state index contributed by atoms with van der Waals surface area (Å²) in [5, 5.41) is 0.370. The lowest BCUT2D eigenvalue weighted by molar-refractivity contribution is 0.0998. The fourth-order valence-electron chi connectivity index (χ4n) is 1.48. The minimum Gasteiger partial charge on any atom is -0.455 e. The van der Waals surface area contributed by atoms with E-state index in [1.807, 2.05) is 0 Å². The zero-order chi connectivity index (χ0) is 13.1. The van der Waals surface area contributed by atoms with Crippen LogP contribution >= 0.6 is 11.6 Å². The Balaban J connectivity index is 2.37. The second-order valence-corrected chi connectivity index (χ2v) is 4.06. The predicted octanol–water partition coefficient (Wildman–Crippen LogP) is 2.81. The minimum absolute atomic E-state index is 0.297. The summed E-state index contributed by atoms with van der Waals surface area (Å²) in [6.45, 7) is 0. The highest BCUT2D eigenvalue weighted by atomic mass is 35.5. The van der Waals surface area contributed by atoms with Crippen LogP contribution in [0.2, 0.25) is 5.02 Å². The number of nitrogen functional groups attached to an aromatic ring is 1. The average molecular weight is 263 g/mol. The lowest BCUT2D eigenvalue weighted by Gasteiger charge is -2.10. The third-order valence-electron chi connectivity index (χ3n) is 2.33. The molecular formula is C13H11ClN2O2. The first-order valence-corrected chi connectivity index (χ1v) is 5.57. The van der Waals surface area contributed by atoms with E-state index in [0.29, 0.717) is 27.8 Å². The van der Waals surface area contributed by atoms with Crippen LogP contribution in [0, 0.1) is 0 Å². The molecule has 2 rings (SSSR count). The number of carbonyl (C=O) groups is 1. The average Bonchev–Trinajstić information content (AvgIpc) is 2.33. The number of hydrogen-bond donors (Lipinski definition) is 2. The van der Waals surface area contributed by atoms with Crippen molar-refractivity contribution in [1.29, 1.82) is 0 Å². The highest BCUT2D eigenvalue weighted by Gasteiger charge is 2.10. The number of hydrogen-bond acceptors (Lipinski definition) is 3. The maximum absolute atomic E-state index is 11.2. The topological polar surface area (TPSA) is 78.3 Å². The van der Waals surface area contributed by atoms with Crippen molar-refractivity contribution < 1.29 is 9.53 Å². The molecule has 0 atom stereocenters. The molecule has 0 bridgehead atoms. The van der Waals surface area contributed by atoms with E-state index in [9.17, 15) is 4.79 Å². The second kappa shape index (κ2) is 4.98. The third-order valence-corrected chi connectivity index (χ3v) is 2.62. The molecule has 0 fully saturated rings. The first kappa shape index (κ1) is 12.3. The van der Waals surface area contributed by atoms with Crippen LogP contribution in [0.1, 0.15) is 10.4 Å². The van der Waals surface area contributed by atoms with Gasteiger partial charge in [0.25, 0.3) is 5.91 Å². The fourth-order valence-corrected chi connectivity index (χ4v) is 1.71. The van der Waals surface area contributed by atoms with Crippen LogP contribution < -0.4 is 16.2 Å². The van der Waals surface area contributed by atoms with Gasteiger partial charge in [0.15, 0.2) is 0 Å². The zero-order valence-electron chi connectivity index (χ0n) is 9.39. The van der Waals surface area contributed by atoms with Crippen molar-refractivity contribution in [3.63, 3.8) is 0 Å². The molecule has 0 saturated carbocycles. The van der Waals surface area contributed by atoms with E-state index in [1.165, 1.54) is 0 Å². The number of primary amides is 1. The van der Waals surface area contributed by atoms with Crippen LogP contribution in [0.25, 0.3) is 0 Å². The van der Waals surface area contributed by atoms with E-state index < -0.39 is 5.91 Å². The van der Waals surface area contributed by atoms with E-state index in [0.717, 1.165) is 0 Å². The first-order valence-electron chi connectivity index (χ1n) is 5.19. The number of amides is 1. The van der Waals surface area contributed by atoms with Crippen LogP contribution in [-0.4, -0.2) is 5.91 Å². The van der Waals surface area contributed by atoms with Gasteiger partial charge in [0.1, 0.15) is 11.5 Å². The predicted molar refractivity (Wildman–Crippen MR) is 70.9 cm³/mol. The second-order valence-electron chi connectivity index (χ2n) is 3.65. The van der Waals surface area contributed by atoms with Crippen molar-refractivity contribution in [2.45, 2.75) is 0 Å². The van der Waals surface area contributed by atoms with Gasteiger partial charge in [0.2, 0.25) is 0 Å². The number of rotatable bonds is 3. The van der Waals surface area contributed by atoms with Gasteiger partial charge in [-0.25, -0.2) is 0 Å². The Morgan fingerprint density at radius 1 is 1.11 bits per heavy atom. The number of benzene rings is 2. The summed E-state index contributed by atoms with van der Waals surface area (Å²) in [5.41, 5.74) is 11.7. The van der Waals surface area contributed by atoms with Gasteiger partial charge in [-0.05, 0) is 30.3 Å². The SMILES string of the molecule is NC(=O)c1ccccc1Oc1ccc(N)cc1Cl. The molecule has 0 aliphatic rings. The van der Waals surface area contributed by atoms with Crippen LogP contribution in [0.4, 0.5) is 5.69 Å². The Bertz CT molecular complexity index is 599. The highest BCUT2D eigenvalue weighted by molar-refractivity contribution is 6.32. The maximum atomic E-state index is 11.2. The molecule has 1 amide bonds. The number of ether oxygens (including phenoxy) is 1. The molecule has 0 aliphatic heterocycles. The summed E-state index contributed by atoms with van der Waals surface area (Å²) in [7, 11) is 0. The van der Waals surface area contributed by atoms with Gasteiger partial charge in [0, 0.05) is 5.69 Å². The third kappa shape index (κ3) is 2.55. The van der Waals surface area contributed by atoms with Crippen molar-refractivity contribution in [2.24, 2.45) is 5.73 Å². The van der Waals surface area contributed by atoms with E-state index in [-0.39, 0.29) is 0 Å². The summed E-state index contributed by atoms with van der Waals surface area (Å²) in [6, 6.07) is 11.5. The molecule has 0 heterocycles. The molecule has 4 nitrogen and oxygen atoms in total. The van der Waals surface area contributed by atoms with Crippen molar-refractivity contribution >= 4 is 23.2 Å². The van der Waals surface area contributed by atoms with E-state index in [4.69, 9.17) is 27.8 Å². The molecule has 2 aromatic rings. The Kier molecular flexibility index (Phi) is 3.39. The van der Waals surface area contributed by atoms with Gasteiger partial charge in [-0.1, -0.05) is 23.7 Å². The Morgan fingerprint density at radius 2 is 1.83 bits per heavy atom. The van der Waals surface area contributed by atoms with Gasteiger partial charge < -0.3 is 16.2 Å². The molecule has 0 aromatic heterocycles. The lowest BCUT2D eigenvalue weighted by atomic mass is 10.2. The molecule has 0 radical (unpaired) electrons. The van der Waals surface area contributed by atoms with Crippen molar-refractivity contribution in [2.75, 3.05) is 5.73 Å². The summed E-state index contributed by atoms with van der Waals surface area (Å²) in [4.78, 5) is 11.2. The van der Waals surface area contributed by atoms with Crippen LogP contribution in [0.5, 0.6) is 11.5 Å². The molecule has 0 aliphatic carbocycles. The standard InChI is InChI=1S/C13H11ClN2O2/c14-10-7-8(15)5-6-12(10)18-11-4-2-1-3-9(11)13(16)17/h1-7H,15H2,(H2,16,17). The fraction of sp³-hybridized carbons (Fsp3) is 0. The molecule has 2 aromatic carbocycles. The lowest BCUT2D eigenvalue weighted by Crippen LogP contribution is -2.12. The monoisotopic (exact) mass is 262 g/mol. The molecule has 0 unspecified atom stereocenters. The van der Waals surface area contributed by atoms with Crippen LogP contribution in [-0.2, 0) is 0 Å². The number of carbonyl (C=O) groups excluding carboxylic acids is 1. The molecule has 0 saturated heterocycles. The number of halogens is 1. The summed E-state index contributed by atoms with van der Waals surface area (Å²) in [5.74, 6) is 0.216. The van der Waals surface area contributed by atoms with E-state index in [1.54, 1.807) is 42.5 Å². The van der Waals surface area contributed by atoms with E-state index in [2.05, 4.69) is 0 Å². The Labute approximate surface area is 109 Å². The summed E-state index contributed by atoms with van der Waals surface area (Å²) >= 11 is 5.99. The molecule has 18 heavy (non-hydrogen) atoms. The Morgan fingerprint density at radius 3 is 2.50 bits per heavy atom. The van der Waals surface area contributed by atoms with Gasteiger partial charge >= 0.3 is 0 Å². The summed E-state index contributed by atoms with van der Waals surface area (Å²) in [6.07, 6.45) is 0. The van der Waals surface area contributed by atoms with Crippen LogP contribution in [0.3, 0.4) is 0 Å². The quantitative estimate of drug-likeness (QED) is 0.835. The normalized spacial score (nSPS) is 10.1. The molecule has 5 heteroatoms. The van der Waals surface area contributed by atoms with Crippen molar-refractivity contribution in [3.05, 3.63) is 53.1 Å². The van der Waals surface area contributed by atoms with Crippen molar-refractivity contribution in [1.82, 2.24) is 0 Å². The largest absolute Gasteiger partial charge is 0.455 e. The molecule has 4 N–H and O–H groups in total. The van der Waals surface area contributed by atoms with Gasteiger partial charge in [-0.15, -0.1) is 0 Å². The number of nitrogens with two attached hydrogens (primary N) is 2. The Hall–Kier alpha value is -2.20. The molecule has 92 valence electrons. The zero-order valence-corrected chi connectivity index (χ0v) is 10.1. The van der Waals surface area contributed by atoms with Gasteiger partial charge in [-0.2, -0.15) is 0 Å². The smallest absolute Gasteiger partial charge is 0.252 e. The van der Waals surface area contributed by atoms with Crippen LogP contribution in [0.15, 0.2) is 42.5 Å².